The van der Waals surface area contributed by atoms with Crippen molar-refractivity contribution in [1.29, 1.82) is 0 Å². The highest BCUT2D eigenvalue weighted by Gasteiger charge is 2.39. The summed E-state index contributed by atoms with van der Waals surface area (Å²) < 4.78 is 2.41. The molecular formula is C27H31N3O2. The maximum atomic E-state index is 13.2. The van der Waals surface area contributed by atoms with E-state index in [2.05, 4.69) is 35.0 Å². The van der Waals surface area contributed by atoms with Gasteiger partial charge >= 0.3 is 0 Å². The van der Waals surface area contributed by atoms with E-state index in [1.807, 2.05) is 12.1 Å². The zero-order chi connectivity index (χ0) is 22.6. The maximum Gasteiger partial charge on any atom is 0.281 e. The number of hydrogen-bond acceptors (Lipinski definition) is 3. The first-order valence-corrected chi connectivity index (χ1v) is 11.4. The van der Waals surface area contributed by atoms with Gasteiger partial charge in [-0.05, 0) is 43.9 Å². The van der Waals surface area contributed by atoms with Gasteiger partial charge in [0.2, 0.25) is 0 Å². The topological polar surface area (TPSA) is 66.6 Å². The number of hydrazone groups is 1. The maximum absolute atomic E-state index is 13.2. The van der Waals surface area contributed by atoms with Crippen molar-refractivity contribution >= 4 is 12.1 Å². The van der Waals surface area contributed by atoms with Crippen LogP contribution in [-0.2, 0) is 10.4 Å². The highest BCUT2D eigenvalue weighted by molar-refractivity contribution is 5.91. The van der Waals surface area contributed by atoms with Crippen LogP contribution in [0, 0.1) is 13.8 Å². The van der Waals surface area contributed by atoms with Gasteiger partial charge in [-0.15, -0.1) is 0 Å². The molecule has 0 atom stereocenters. The molecule has 2 N–H and O–H groups in total. The number of hydrogen-bond donors (Lipinski definition) is 2. The third-order valence-corrected chi connectivity index (χ3v) is 6.54. The molecule has 1 saturated carbocycles. The van der Waals surface area contributed by atoms with Gasteiger partial charge in [-0.2, -0.15) is 5.10 Å². The minimum atomic E-state index is -1.83. The molecule has 1 heterocycles. The molecule has 1 aliphatic rings. The van der Waals surface area contributed by atoms with Crippen LogP contribution in [0.2, 0.25) is 0 Å². The van der Waals surface area contributed by atoms with Crippen molar-refractivity contribution in [3.05, 3.63) is 94.8 Å². The standard InChI is InChI=1S/C27H31N3O2/c1-20-18-22(21(2)30(20)25-16-10-5-11-17-25)19-28-29-26(31)27(32,23-12-6-3-7-13-23)24-14-8-4-9-15-24/h3-4,6-9,12-15,18-19,25,32H,5,10-11,16-17H2,1-2H3,(H,29,31)/b28-19-. The molecule has 2 aromatic carbocycles. The quantitative estimate of drug-likeness (QED) is 0.428. The summed E-state index contributed by atoms with van der Waals surface area (Å²) in [5, 5.41) is 15.7. The van der Waals surface area contributed by atoms with Crippen molar-refractivity contribution in [2.45, 2.75) is 57.6 Å². The van der Waals surface area contributed by atoms with Crippen LogP contribution in [-0.4, -0.2) is 21.8 Å². The Labute approximate surface area is 189 Å². The molecule has 5 nitrogen and oxygen atoms in total. The van der Waals surface area contributed by atoms with E-state index in [0.29, 0.717) is 17.2 Å². The monoisotopic (exact) mass is 429 g/mol. The van der Waals surface area contributed by atoms with E-state index in [9.17, 15) is 9.90 Å². The van der Waals surface area contributed by atoms with Crippen LogP contribution in [0.5, 0.6) is 0 Å². The predicted octanol–water partition coefficient (Wildman–Crippen LogP) is 5.00. The molecule has 1 amide bonds. The number of aromatic nitrogens is 1. The summed E-state index contributed by atoms with van der Waals surface area (Å²) in [5.41, 5.74) is 5.09. The number of carbonyl (C=O) groups excluding carboxylic acids is 1. The van der Waals surface area contributed by atoms with Crippen molar-refractivity contribution < 1.29 is 9.90 Å². The summed E-state index contributed by atoms with van der Waals surface area (Å²) in [4.78, 5) is 13.2. The lowest BCUT2D eigenvalue weighted by Gasteiger charge is -2.27. The molecule has 1 aliphatic carbocycles. The molecule has 0 aliphatic heterocycles. The third-order valence-electron chi connectivity index (χ3n) is 6.54. The molecule has 0 radical (unpaired) electrons. The fourth-order valence-electron chi connectivity index (χ4n) is 4.86. The fraction of sp³-hybridized carbons (Fsp3) is 0.333. The van der Waals surface area contributed by atoms with E-state index in [4.69, 9.17) is 0 Å². The van der Waals surface area contributed by atoms with E-state index in [1.165, 1.54) is 37.8 Å². The minimum Gasteiger partial charge on any atom is -0.372 e. The summed E-state index contributed by atoms with van der Waals surface area (Å²) in [6.07, 6.45) is 7.98. The number of carbonyl (C=O) groups is 1. The van der Waals surface area contributed by atoms with Gasteiger partial charge in [0, 0.05) is 23.0 Å². The zero-order valence-electron chi connectivity index (χ0n) is 18.8. The van der Waals surface area contributed by atoms with Crippen molar-refractivity contribution in [1.82, 2.24) is 9.99 Å². The summed E-state index contributed by atoms with van der Waals surface area (Å²) in [6, 6.07) is 20.6. The molecule has 0 saturated heterocycles. The van der Waals surface area contributed by atoms with Gasteiger partial charge in [-0.3, -0.25) is 4.79 Å². The first-order valence-electron chi connectivity index (χ1n) is 11.4. The largest absolute Gasteiger partial charge is 0.372 e. The first kappa shape index (κ1) is 22.0. The lowest BCUT2D eigenvalue weighted by molar-refractivity contribution is -0.136. The first-order chi connectivity index (χ1) is 15.5. The van der Waals surface area contributed by atoms with Crippen LogP contribution >= 0.6 is 0 Å². The second-order valence-electron chi connectivity index (χ2n) is 8.63. The van der Waals surface area contributed by atoms with Crippen molar-refractivity contribution in [3.8, 4) is 0 Å². The molecule has 166 valence electrons. The van der Waals surface area contributed by atoms with Crippen LogP contribution in [0.3, 0.4) is 0 Å². The van der Waals surface area contributed by atoms with Crippen LogP contribution in [0.25, 0.3) is 0 Å². The average Bonchev–Trinajstić information content (AvgIpc) is 3.12. The molecule has 4 rings (SSSR count). The summed E-state index contributed by atoms with van der Waals surface area (Å²) in [6.45, 7) is 4.23. The van der Waals surface area contributed by atoms with E-state index in [1.54, 1.807) is 54.7 Å². The number of amides is 1. The highest BCUT2D eigenvalue weighted by Crippen LogP contribution is 2.32. The van der Waals surface area contributed by atoms with Crippen molar-refractivity contribution in [2.24, 2.45) is 5.10 Å². The van der Waals surface area contributed by atoms with Crippen molar-refractivity contribution in [3.63, 3.8) is 0 Å². The molecule has 0 unspecified atom stereocenters. The Bertz CT molecular complexity index is 1040. The van der Waals surface area contributed by atoms with Gasteiger partial charge in [-0.1, -0.05) is 79.9 Å². The number of nitrogens with one attached hydrogen (secondary N) is 1. The Morgan fingerprint density at radius 3 is 2.12 bits per heavy atom. The van der Waals surface area contributed by atoms with Gasteiger partial charge in [-0.25, -0.2) is 5.43 Å². The van der Waals surface area contributed by atoms with Gasteiger partial charge < -0.3 is 9.67 Å². The molecule has 5 heteroatoms. The van der Waals surface area contributed by atoms with E-state index in [0.717, 1.165) is 11.3 Å². The van der Waals surface area contributed by atoms with Crippen LogP contribution in [0.4, 0.5) is 0 Å². The minimum absolute atomic E-state index is 0.495. The second kappa shape index (κ2) is 9.53. The van der Waals surface area contributed by atoms with Gasteiger partial charge in [0.05, 0.1) is 6.21 Å². The van der Waals surface area contributed by atoms with E-state index >= 15 is 0 Å². The number of benzene rings is 2. The molecule has 0 bridgehead atoms. The van der Waals surface area contributed by atoms with Crippen LogP contribution in [0.1, 0.15) is 66.2 Å². The Morgan fingerprint density at radius 2 is 1.56 bits per heavy atom. The van der Waals surface area contributed by atoms with Gasteiger partial charge in [0.15, 0.2) is 5.60 Å². The third kappa shape index (κ3) is 4.26. The highest BCUT2D eigenvalue weighted by atomic mass is 16.3. The summed E-state index contributed by atoms with van der Waals surface area (Å²) in [7, 11) is 0. The number of aryl methyl sites for hydroxylation is 1. The smallest absolute Gasteiger partial charge is 0.281 e. The summed E-state index contributed by atoms with van der Waals surface area (Å²) in [5.74, 6) is -0.591. The Kier molecular flexibility index (Phi) is 6.56. The van der Waals surface area contributed by atoms with Crippen LogP contribution in [0.15, 0.2) is 71.8 Å². The number of rotatable bonds is 6. The Balaban J connectivity index is 1.57. The molecule has 1 aromatic heterocycles. The number of aliphatic hydroxyl groups is 1. The molecule has 3 aromatic rings. The van der Waals surface area contributed by atoms with Gasteiger partial charge in [0.25, 0.3) is 5.91 Å². The SMILES string of the molecule is Cc1cc(/C=N\NC(=O)C(O)(c2ccccc2)c2ccccc2)c(C)n1C1CCCCC1. The lowest BCUT2D eigenvalue weighted by Crippen LogP contribution is -2.43. The van der Waals surface area contributed by atoms with Crippen molar-refractivity contribution in [2.75, 3.05) is 0 Å². The van der Waals surface area contributed by atoms with Gasteiger partial charge in [0.1, 0.15) is 0 Å². The zero-order valence-corrected chi connectivity index (χ0v) is 18.8. The molecule has 0 spiro atoms. The second-order valence-corrected chi connectivity index (χ2v) is 8.63. The Morgan fingerprint density at radius 1 is 1.00 bits per heavy atom. The predicted molar refractivity (Wildman–Crippen MR) is 128 cm³/mol. The molecule has 32 heavy (non-hydrogen) atoms. The van der Waals surface area contributed by atoms with Crippen LogP contribution < -0.4 is 5.43 Å². The lowest BCUT2D eigenvalue weighted by atomic mass is 9.85. The molecular weight excluding hydrogens is 398 g/mol. The van der Waals surface area contributed by atoms with E-state index < -0.39 is 11.5 Å². The Hall–Kier alpha value is -3.18. The van der Waals surface area contributed by atoms with E-state index in [-0.39, 0.29) is 0 Å². The average molecular weight is 430 g/mol. The normalized spacial score (nSPS) is 15.2. The summed E-state index contributed by atoms with van der Waals surface area (Å²) >= 11 is 0. The molecule has 1 fully saturated rings. The fourth-order valence-corrected chi connectivity index (χ4v) is 4.86. The number of nitrogens with zero attached hydrogens (tertiary/aromatic N) is 2.